The predicted octanol–water partition coefficient (Wildman–Crippen LogP) is 5.95. The van der Waals surface area contributed by atoms with Crippen molar-refractivity contribution in [2.24, 2.45) is 0 Å². The number of para-hydroxylation sites is 1. The number of hydrogen-bond donors (Lipinski definition) is 1. The number of rotatable bonds is 10. The van der Waals surface area contributed by atoms with Crippen molar-refractivity contribution in [1.82, 2.24) is 5.32 Å². The second-order valence-corrected chi connectivity index (χ2v) is 11.3. The average molecular weight is 525 g/mol. The summed E-state index contributed by atoms with van der Waals surface area (Å²) in [5, 5.41) is 3.00. The van der Waals surface area contributed by atoms with E-state index < -0.39 is 22.0 Å². The summed E-state index contributed by atoms with van der Waals surface area (Å²) >= 11 is 0. The first kappa shape index (κ1) is 28.1. The molecule has 3 aromatic carbocycles. The maximum absolute atomic E-state index is 13.3. The summed E-state index contributed by atoms with van der Waals surface area (Å²) in [6, 6.07) is 18.6. The lowest BCUT2D eigenvalue weighted by Gasteiger charge is -2.30. The Labute approximate surface area is 220 Å². The number of benzene rings is 3. The van der Waals surface area contributed by atoms with E-state index in [9.17, 15) is 13.2 Å². The van der Waals surface area contributed by atoms with E-state index in [1.165, 1.54) is 0 Å². The van der Waals surface area contributed by atoms with Crippen molar-refractivity contribution in [3.8, 4) is 17.2 Å². The molecule has 8 heteroatoms. The second-order valence-electron chi connectivity index (χ2n) is 9.48. The van der Waals surface area contributed by atoms with Crippen LogP contribution < -0.4 is 19.1 Å². The van der Waals surface area contributed by atoms with Crippen LogP contribution in [0, 0.1) is 6.92 Å². The molecule has 3 aromatic rings. The van der Waals surface area contributed by atoms with Crippen molar-refractivity contribution in [3.63, 3.8) is 0 Å². The predicted molar refractivity (Wildman–Crippen MR) is 148 cm³/mol. The summed E-state index contributed by atoms with van der Waals surface area (Å²) in [6.07, 6.45) is 1.09. The van der Waals surface area contributed by atoms with Crippen LogP contribution >= 0.6 is 0 Å². The third-order valence-electron chi connectivity index (χ3n) is 6.22. The van der Waals surface area contributed by atoms with Gasteiger partial charge in [0.15, 0.2) is 0 Å². The molecular weight excluding hydrogens is 488 g/mol. The lowest BCUT2D eigenvalue weighted by molar-refractivity contribution is -0.122. The minimum Gasteiger partial charge on any atom is -0.496 e. The molecule has 0 aliphatic heterocycles. The van der Waals surface area contributed by atoms with Crippen molar-refractivity contribution in [2.75, 3.05) is 17.7 Å². The van der Waals surface area contributed by atoms with Crippen LogP contribution in [0.5, 0.6) is 17.2 Å². The maximum Gasteiger partial charge on any atom is 0.244 e. The first-order valence-electron chi connectivity index (χ1n) is 12.2. The molecule has 37 heavy (non-hydrogen) atoms. The van der Waals surface area contributed by atoms with Crippen LogP contribution in [0.2, 0.25) is 0 Å². The van der Waals surface area contributed by atoms with Gasteiger partial charge in [0.25, 0.3) is 0 Å². The number of anilines is 1. The highest BCUT2D eigenvalue weighted by atomic mass is 32.2. The Kier molecular flexibility index (Phi) is 8.86. The van der Waals surface area contributed by atoms with Gasteiger partial charge in [-0.2, -0.15) is 0 Å². The second kappa shape index (κ2) is 11.7. The Morgan fingerprint density at radius 3 is 2.03 bits per heavy atom. The van der Waals surface area contributed by atoms with Crippen LogP contribution in [0.3, 0.4) is 0 Å². The summed E-state index contributed by atoms with van der Waals surface area (Å²) in [7, 11) is -2.11. The number of hydrogen-bond acceptors (Lipinski definition) is 5. The van der Waals surface area contributed by atoms with Gasteiger partial charge in [-0.05, 0) is 91.9 Å². The topological polar surface area (TPSA) is 84.9 Å². The van der Waals surface area contributed by atoms with E-state index >= 15 is 0 Å². The van der Waals surface area contributed by atoms with Gasteiger partial charge in [-0.3, -0.25) is 9.10 Å². The zero-order chi connectivity index (χ0) is 27.3. The number of methoxy groups -OCH3 is 1. The normalized spacial score (nSPS) is 13.1. The third-order valence-corrected chi connectivity index (χ3v) is 7.47. The lowest BCUT2D eigenvalue weighted by atomic mass is 9.93. The van der Waals surface area contributed by atoms with Crippen LogP contribution in [-0.4, -0.2) is 33.7 Å². The average Bonchev–Trinajstić information content (AvgIpc) is 2.84. The molecule has 0 fully saturated rings. The maximum atomic E-state index is 13.3. The molecule has 3 rings (SSSR count). The largest absolute Gasteiger partial charge is 0.496 e. The van der Waals surface area contributed by atoms with Crippen LogP contribution in [0.15, 0.2) is 66.7 Å². The molecular formula is C29H36N2O5S. The van der Waals surface area contributed by atoms with Gasteiger partial charge in [-0.15, -0.1) is 0 Å². The minimum absolute atomic E-state index is 0.241. The van der Waals surface area contributed by atoms with Crippen molar-refractivity contribution < 1.29 is 22.7 Å². The van der Waals surface area contributed by atoms with Gasteiger partial charge in [0.1, 0.15) is 23.3 Å². The number of aryl methyl sites for hydroxylation is 1. The molecule has 0 heterocycles. The molecule has 2 atom stereocenters. The van der Waals surface area contributed by atoms with Gasteiger partial charge in [0, 0.05) is 0 Å². The molecule has 0 aliphatic carbocycles. The molecule has 0 radical (unpaired) electrons. The van der Waals surface area contributed by atoms with E-state index in [2.05, 4.69) is 19.2 Å². The summed E-state index contributed by atoms with van der Waals surface area (Å²) < 4.78 is 38.0. The highest BCUT2D eigenvalue weighted by molar-refractivity contribution is 7.92. The molecule has 0 bridgehead atoms. The number of nitrogens with one attached hydrogen (secondary N) is 1. The molecule has 0 unspecified atom stereocenters. The lowest BCUT2D eigenvalue weighted by Crippen LogP contribution is -2.48. The standard InChI is InChI=1S/C29H36N2O5S/c1-19(2)26-18-27(20(3)17-28(26)35-6)21(4)30-29(32)22(5)31(37(7,33)34)23-13-15-25(16-14-23)36-24-11-9-8-10-12-24/h8-19,21-22H,1-7H3,(H,30,32)/t21-,22-/m0/s1. The van der Waals surface area contributed by atoms with Gasteiger partial charge >= 0.3 is 0 Å². The molecule has 7 nitrogen and oxygen atoms in total. The number of ether oxygens (including phenoxy) is 2. The van der Waals surface area contributed by atoms with Crippen molar-refractivity contribution in [3.05, 3.63) is 83.4 Å². The number of nitrogens with zero attached hydrogens (tertiary/aromatic N) is 1. The number of carbonyl (C=O) groups excluding carboxylic acids is 1. The van der Waals surface area contributed by atoms with Gasteiger partial charge in [-0.1, -0.05) is 32.0 Å². The van der Waals surface area contributed by atoms with Crippen LogP contribution in [0.1, 0.15) is 56.3 Å². The SMILES string of the molecule is COc1cc(C)c([C@H](C)NC(=O)[C@H](C)N(c2ccc(Oc3ccccc3)cc2)S(C)(=O)=O)cc1C(C)C. The van der Waals surface area contributed by atoms with Crippen molar-refractivity contribution >= 4 is 21.6 Å². The van der Waals surface area contributed by atoms with Gasteiger partial charge in [0.05, 0.1) is 25.1 Å². The van der Waals surface area contributed by atoms with Crippen LogP contribution in [0.4, 0.5) is 5.69 Å². The minimum atomic E-state index is -3.75. The van der Waals surface area contributed by atoms with E-state index in [1.807, 2.05) is 56.3 Å². The first-order chi connectivity index (χ1) is 17.4. The molecule has 0 saturated carbocycles. The summed E-state index contributed by atoms with van der Waals surface area (Å²) in [6.45, 7) is 9.61. The Hall–Kier alpha value is -3.52. The van der Waals surface area contributed by atoms with E-state index in [0.717, 1.165) is 33.0 Å². The van der Waals surface area contributed by atoms with Gasteiger partial charge in [0.2, 0.25) is 15.9 Å². The molecule has 0 aromatic heterocycles. The fourth-order valence-electron chi connectivity index (χ4n) is 4.32. The zero-order valence-corrected chi connectivity index (χ0v) is 23.3. The highest BCUT2D eigenvalue weighted by Crippen LogP contribution is 2.32. The molecule has 0 spiro atoms. The molecule has 0 aliphatic rings. The molecule has 1 amide bonds. The van der Waals surface area contributed by atoms with E-state index in [0.29, 0.717) is 17.2 Å². The van der Waals surface area contributed by atoms with Crippen molar-refractivity contribution in [2.45, 2.75) is 52.6 Å². The Morgan fingerprint density at radius 1 is 0.892 bits per heavy atom. The number of carbonyl (C=O) groups is 1. The first-order valence-corrected chi connectivity index (χ1v) is 14.1. The molecule has 0 saturated heterocycles. The Balaban J connectivity index is 1.81. The monoisotopic (exact) mass is 524 g/mol. The fraction of sp³-hybridized carbons (Fsp3) is 0.345. The third kappa shape index (κ3) is 6.83. The Morgan fingerprint density at radius 2 is 1.49 bits per heavy atom. The Bertz CT molecular complexity index is 1320. The zero-order valence-electron chi connectivity index (χ0n) is 22.5. The van der Waals surface area contributed by atoms with Crippen LogP contribution in [-0.2, 0) is 14.8 Å². The molecule has 1 N–H and O–H groups in total. The molecule has 198 valence electrons. The van der Waals surface area contributed by atoms with Gasteiger partial charge in [-0.25, -0.2) is 8.42 Å². The number of amides is 1. The summed E-state index contributed by atoms with van der Waals surface area (Å²) in [5.74, 6) is 1.89. The van der Waals surface area contributed by atoms with Crippen molar-refractivity contribution in [1.29, 1.82) is 0 Å². The smallest absolute Gasteiger partial charge is 0.244 e. The van der Waals surface area contributed by atoms with Gasteiger partial charge < -0.3 is 14.8 Å². The fourth-order valence-corrected chi connectivity index (χ4v) is 5.49. The summed E-state index contributed by atoms with van der Waals surface area (Å²) in [5.41, 5.74) is 3.36. The van der Waals surface area contributed by atoms with E-state index in [1.54, 1.807) is 38.3 Å². The van der Waals surface area contributed by atoms with E-state index in [4.69, 9.17) is 9.47 Å². The summed E-state index contributed by atoms with van der Waals surface area (Å²) in [4.78, 5) is 13.3. The highest BCUT2D eigenvalue weighted by Gasteiger charge is 2.30. The van der Waals surface area contributed by atoms with E-state index in [-0.39, 0.29) is 12.0 Å². The number of sulfonamides is 1. The quantitative estimate of drug-likeness (QED) is 0.354. The van der Waals surface area contributed by atoms with Crippen LogP contribution in [0.25, 0.3) is 0 Å².